The molecule has 1 aromatic rings. The SMILES string of the molecule is CCC(C)(CCO)NC(=O)C1(c2ccc(F)cc2)CC1. The summed E-state index contributed by atoms with van der Waals surface area (Å²) >= 11 is 0. The van der Waals surface area contributed by atoms with Crippen LogP contribution in [-0.4, -0.2) is 23.2 Å². The lowest BCUT2D eigenvalue weighted by molar-refractivity contribution is -0.125. The average molecular weight is 279 g/mol. The Bertz CT molecular complexity index is 482. The van der Waals surface area contributed by atoms with Crippen molar-refractivity contribution < 1.29 is 14.3 Å². The zero-order chi connectivity index (χ0) is 14.8. The quantitative estimate of drug-likeness (QED) is 0.840. The molecule has 2 N–H and O–H groups in total. The highest BCUT2D eigenvalue weighted by molar-refractivity contribution is 5.91. The normalized spacial score (nSPS) is 19.2. The van der Waals surface area contributed by atoms with Crippen molar-refractivity contribution in [3.63, 3.8) is 0 Å². The summed E-state index contributed by atoms with van der Waals surface area (Å²) in [6.45, 7) is 3.99. The summed E-state index contributed by atoms with van der Waals surface area (Å²) in [5, 5.41) is 12.2. The minimum absolute atomic E-state index is 0.0121. The van der Waals surface area contributed by atoms with Gasteiger partial charge in [-0.3, -0.25) is 4.79 Å². The molecule has 20 heavy (non-hydrogen) atoms. The maximum Gasteiger partial charge on any atom is 0.231 e. The molecule has 1 saturated carbocycles. The van der Waals surface area contributed by atoms with Crippen LogP contribution in [0.1, 0.15) is 45.1 Å². The highest BCUT2D eigenvalue weighted by Crippen LogP contribution is 2.48. The van der Waals surface area contributed by atoms with Crippen molar-refractivity contribution >= 4 is 5.91 Å². The Morgan fingerprint density at radius 3 is 2.45 bits per heavy atom. The van der Waals surface area contributed by atoms with Gasteiger partial charge in [0.1, 0.15) is 5.82 Å². The van der Waals surface area contributed by atoms with Crippen LogP contribution in [0.15, 0.2) is 24.3 Å². The summed E-state index contributed by atoms with van der Waals surface area (Å²) in [5.74, 6) is -0.300. The lowest BCUT2D eigenvalue weighted by Crippen LogP contribution is -2.50. The van der Waals surface area contributed by atoms with Gasteiger partial charge in [0.05, 0.1) is 5.41 Å². The summed E-state index contributed by atoms with van der Waals surface area (Å²) in [4.78, 5) is 12.6. The zero-order valence-electron chi connectivity index (χ0n) is 12.1. The van der Waals surface area contributed by atoms with Crippen LogP contribution in [0.5, 0.6) is 0 Å². The van der Waals surface area contributed by atoms with E-state index in [-0.39, 0.29) is 23.9 Å². The maximum absolute atomic E-state index is 13.0. The number of rotatable bonds is 6. The number of hydrogen-bond acceptors (Lipinski definition) is 2. The first-order valence-corrected chi connectivity index (χ1v) is 7.15. The monoisotopic (exact) mass is 279 g/mol. The van der Waals surface area contributed by atoms with Crippen LogP contribution in [0.4, 0.5) is 4.39 Å². The van der Waals surface area contributed by atoms with Crippen LogP contribution < -0.4 is 5.32 Å². The molecule has 0 aromatic heterocycles. The van der Waals surface area contributed by atoms with E-state index in [1.54, 1.807) is 12.1 Å². The van der Waals surface area contributed by atoms with E-state index < -0.39 is 5.41 Å². The third-order valence-electron chi connectivity index (χ3n) is 4.44. The number of amides is 1. The predicted octanol–water partition coefficient (Wildman–Crippen LogP) is 2.52. The first-order chi connectivity index (χ1) is 9.46. The molecular weight excluding hydrogens is 257 g/mol. The summed E-state index contributed by atoms with van der Waals surface area (Å²) in [7, 11) is 0. The van der Waals surface area contributed by atoms with Crippen LogP contribution in [0, 0.1) is 5.82 Å². The fraction of sp³-hybridized carbons (Fsp3) is 0.562. The number of carbonyl (C=O) groups is 1. The molecule has 1 fully saturated rings. The van der Waals surface area contributed by atoms with Crippen molar-refractivity contribution in [2.24, 2.45) is 0 Å². The van der Waals surface area contributed by atoms with Crippen molar-refractivity contribution in [1.82, 2.24) is 5.32 Å². The number of halogens is 1. The van der Waals surface area contributed by atoms with Crippen LogP contribution in [0.3, 0.4) is 0 Å². The zero-order valence-corrected chi connectivity index (χ0v) is 12.1. The van der Waals surface area contributed by atoms with Crippen molar-refractivity contribution in [1.29, 1.82) is 0 Å². The van der Waals surface area contributed by atoms with Crippen LogP contribution in [0.25, 0.3) is 0 Å². The fourth-order valence-corrected chi connectivity index (χ4v) is 2.51. The lowest BCUT2D eigenvalue weighted by atomic mass is 9.90. The van der Waals surface area contributed by atoms with E-state index >= 15 is 0 Å². The molecule has 3 nitrogen and oxygen atoms in total. The Hall–Kier alpha value is -1.42. The Kier molecular flexibility index (Phi) is 4.14. The molecule has 1 aromatic carbocycles. The van der Waals surface area contributed by atoms with Crippen molar-refractivity contribution in [2.45, 2.75) is 50.5 Å². The molecule has 1 unspecified atom stereocenters. The molecular formula is C16H22FNO2. The standard InChI is InChI=1S/C16H22FNO2/c1-3-15(2,10-11-19)18-14(20)16(8-9-16)12-4-6-13(17)7-5-12/h4-7,19H,3,8-11H2,1-2H3,(H,18,20). The van der Waals surface area contributed by atoms with Gasteiger partial charge in [0.15, 0.2) is 0 Å². The Morgan fingerprint density at radius 1 is 1.40 bits per heavy atom. The second-order valence-electron chi connectivity index (χ2n) is 5.93. The molecule has 1 atom stereocenters. The van der Waals surface area contributed by atoms with E-state index in [0.717, 1.165) is 24.8 Å². The molecule has 0 heterocycles. The van der Waals surface area contributed by atoms with Crippen molar-refractivity contribution in [3.8, 4) is 0 Å². The van der Waals surface area contributed by atoms with E-state index in [4.69, 9.17) is 5.11 Å². The molecule has 0 bridgehead atoms. The van der Waals surface area contributed by atoms with Gasteiger partial charge in [0.2, 0.25) is 5.91 Å². The summed E-state index contributed by atoms with van der Waals surface area (Å²) in [6.07, 6.45) is 2.89. The van der Waals surface area contributed by atoms with E-state index in [2.05, 4.69) is 5.32 Å². The van der Waals surface area contributed by atoms with Gasteiger partial charge in [-0.25, -0.2) is 4.39 Å². The summed E-state index contributed by atoms with van der Waals surface area (Å²) in [6, 6.07) is 6.18. The van der Waals surface area contributed by atoms with Crippen molar-refractivity contribution in [3.05, 3.63) is 35.6 Å². The number of aliphatic hydroxyl groups excluding tert-OH is 1. The van der Waals surface area contributed by atoms with Gasteiger partial charge in [0.25, 0.3) is 0 Å². The molecule has 0 spiro atoms. The topological polar surface area (TPSA) is 49.3 Å². The molecule has 1 aliphatic carbocycles. The van der Waals surface area contributed by atoms with Gasteiger partial charge >= 0.3 is 0 Å². The van der Waals surface area contributed by atoms with Crippen LogP contribution in [0.2, 0.25) is 0 Å². The number of carbonyl (C=O) groups excluding carboxylic acids is 1. The van der Waals surface area contributed by atoms with Gasteiger partial charge in [-0.15, -0.1) is 0 Å². The van der Waals surface area contributed by atoms with Crippen LogP contribution >= 0.6 is 0 Å². The predicted molar refractivity (Wildman–Crippen MR) is 75.9 cm³/mol. The molecule has 0 radical (unpaired) electrons. The molecule has 1 aliphatic rings. The van der Waals surface area contributed by atoms with Gasteiger partial charge in [0, 0.05) is 12.1 Å². The van der Waals surface area contributed by atoms with Gasteiger partial charge in [-0.05, 0) is 50.3 Å². The lowest BCUT2D eigenvalue weighted by Gasteiger charge is -2.31. The Labute approximate surface area is 119 Å². The first kappa shape index (κ1) is 15.0. The summed E-state index contributed by atoms with van der Waals surface area (Å²) < 4.78 is 13.0. The molecule has 110 valence electrons. The average Bonchev–Trinajstić information content (AvgIpc) is 3.21. The van der Waals surface area contributed by atoms with Crippen molar-refractivity contribution in [2.75, 3.05) is 6.61 Å². The highest BCUT2D eigenvalue weighted by Gasteiger charge is 2.52. The number of nitrogens with one attached hydrogen (secondary N) is 1. The second-order valence-corrected chi connectivity index (χ2v) is 5.93. The van der Waals surface area contributed by atoms with E-state index in [1.807, 2.05) is 13.8 Å². The molecule has 0 saturated heterocycles. The van der Waals surface area contributed by atoms with E-state index in [0.29, 0.717) is 6.42 Å². The van der Waals surface area contributed by atoms with Gasteiger partial charge < -0.3 is 10.4 Å². The highest BCUT2D eigenvalue weighted by atomic mass is 19.1. The Morgan fingerprint density at radius 2 is 2.00 bits per heavy atom. The molecule has 0 aliphatic heterocycles. The third-order valence-corrected chi connectivity index (χ3v) is 4.44. The van der Waals surface area contributed by atoms with E-state index in [1.165, 1.54) is 12.1 Å². The minimum atomic E-state index is -0.500. The molecule has 2 rings (SSSR count). The number of benzene rings is 1. The maximum atomic E-state index is 13.0. The second kappa shape index (κ2) is 5.52. The molecule has 1 amide bonds. The number of hydrogen-bond donors (Lipinski definition) is 2. The first-order valence-electron chi connectivity index (χ1n) is 7.15. The minimum Gasteiger partial charge on any atom is -0.396 e. The Balaban J connectivity index is 2.14. The summed E-state index contributed by atoms with van der Waals surface area (Å²) in [5.41, 5.74) is -0.0139. The van der Waals surface area contributed by atoms with E-state index in [9.17, 15) is 9.18 Å². The smallest absolute Gasteiger partial charge is 0.231 e. The third kappa shape index (κ3) is 2.85. The largest absolute Gasteiger partial charge is 0.396 e. The van der Waals surface area contributed by atoms with Gasteiger partial charge in [-0.1, -0.05) is 19.1 Å². The van der Waals surface area contributed by atoms with Crippen LogP contribution in [-0.2, 0) is 10.2 Å². The molecule has 4 heteroatoms. The van der Waals surface area contributed by atoms with Gasteiger partial charge in [-0.2, -0.15) is 0 Å². The number of aliphatic hydroxyl groups is 1. The fourth-order valence-electron chi connectivity index (χ4n) is 2.51.